The van der Waals surface area contributed by atoms with Gasteiger partial charge in [0.25, 0.3) is 0 Å². The van der Waals surface area contributed by atoms with Crippen LogP contribution >= 0.6 is 24.8 Å². The molecule has 0 bridgehead atoms. The topological polar surface area (TPSA) is 62.3 Å². The van der Waals surface area contributed by atoms with Gasteiger partial charge in [-0.2, -0.15) is 4.31 Å². The van der Waals surface area contributed by atoms with Crippen molar-refractivity contribution >= 4 is 45.6 Å². The molecular weight excluding hydrogens is 369 g/mol. The zero-order chi connectivity index (χ0) is 15.6. The fourth-order valence-corrected chi connectivity index (χ4v) is 4.61. The third kappa shape index (κ3) is 4.37. The van der Waals surface area contributed by atoms with E-state index in [-0.39, 0.29) is 30.9 Å². The lowest BCUT2D eigenvalue weighted by atomic mass is 10.2. The lowest BCUT2D eigenvalue weighted by Crippen LogP contribution is -2.43. The number of rotatable bonds is 2. The Labute approximate surface area is 155 Å². The molecule has 2 heterocycles. The Kier molecular flexibility index (Phi) is 7.89. The van der Waals surface area contributed by atoms with Crippen molar-refractivity contribution in [3.63, 3.8) is 0 Å². The summed E-state index contributed by atoms with van der Waals surface area (Å²) in [7, 11) is -3.46. The molecule has 24 heavy (non-hydrogen) atoms. The summed E-state index contributed by atoms with van der Waals surface area (Å²) in [6.07, 6.45) is 5.09. The highest BCUT2D eigenvalue weighted by atomic mass is 35.5. The zero-order valence-electron chi connectivity index (χ0n) is 13.5. The average Bonchev–Trinajstić information content (AvgIpc) is 2.50. The van der Waals surface area contributed by atoms with E-state index in [1.807, 2.05) is 19.1 Å². The van der Waals surface area contributed by atoms with Crippen LogP contribution in [0.2, 0.25) is 0 Å². The summed E-state index contributed by atoms with van der Waals surface area (Å²) in [6, 6.07) is 7.10. The molecule has 0 amide bonds. The summed E-state index contributed by atoms with van der Waals surface area (Å²) in [5, 5.41) is 5.18. The minimum atomic E-state index is -3.46. The number of nitrogens with zero attached hydrogens (tertiary/aromatic N) is 2. The molecule has 1 atom stereocenters. The van der Waals surface area contributed by atoms with Crippen LogP contribution in [-0.4, -0.2) is 43.4 Å². The number of sulfonamides is 1. The van der Waals surface area contributed by atoms with Gasteiger partial charge in [0.15, 0.2) is 0 Å². The number of aromatic nitrogens is 1. The van der Waals surface area contributed by atoms with E-state index in [4.69, 9.17) is 0 Å². The Morgan fingerprint density at radius 1 is 1.17 bits per heavy atom. The molecule has 134 valence electrons. The van der Waals surface area contributed by atoms with Crippen LogP contribution < -0.4 is 5.32 Å². The van der Waals surface area contributed by atoms with Crippen LogP contribution in [0.3, 0.4) is 0 Å². The highest BCUT2D eigenvalue weighted by Crippen LogP contribution is 2.24. The predicted octanol–water partition coefficient (Wildman–Crippen LogP) is 2.84. The van der Waals surface area contributed by atoms with E-state index in [1.165, 1.54) is 0 Å². The van der Waals surface area contributed by atoms with Crippen LogP contribution in [0.5, 0.6) is 0 Å². The summed E-state index contributed by atoms with van der Waals surface area (Å²) < 4.78 is 27.6. The smallest absolute Gasteiger partial charge is 0.243 e. The maximum Gasteiger partial charge on any atom is 0.243 e. The number of nitrogens with one attached hydrogen (secondary N) is 1. The van der Waals surface area contributed by atoms with Gasteiger partial charge in [0.05, 0.1) is 4.90 Å². The first-order chi connectivity index (χ1) is 10.6. The number of hydrogen-bond acceptors (Lipinski definition) is 4. The average molecular weight is 392 g/mol. The van der Waals surface area contributed by atoms with Gasteiger partial charge < -0.3 is 5.32 Å². The number of hydrogen-bond donors (Lipinski definition) is 1. The molecule has 1 unspecified atom stereocenters. The van der Waals surface area contributed by atoms with E-state index >= 15 is 0 Å². The standard InChI is InChI=1S/C16H21N3O2S.2ClH/c1-13-5-8-17-7-2-10-19(13)22(20,21)16-4-3-15-12-18-9-6-14(15)11-16;;/h3-4,6,9,11-13,17H,2,5,7-8,10H2,1H3;2*1H. The van der Waals surface area contributed by atoms with Crippen molar-refractivity contribution in [1.29, 1.82) is 0 Å². The quantitative estimate of drug-likeness (QED) is 0.854. The van der Waals surface area contributed by atoms with Gasteiger partial charge in [0.1, 0.15) is 0 Å². The monoisotopic (exact) mass is 391 g/mol. The van der Waals surface area contributed by atoms with E-state index in [9.17, 15) is 8.42 Å². The van der Waals surface area contributed by atoms with Gasteiger partial charge in [-0.1, -0.05) is 6.07 Å². The second kappa shape index (κ2) is 8.97. The van der Waals surface area contributed by atoms with Gasteiger partial charge in [-0.15, -0.1) is 24.8 Å². The van der Waals surface area contributed by atoms with Gasteiger partial charge in [0, 0.05) is 30.4 Å². The molecule has 2 aromatic rings. The van der Waals surface area contributed by atoms with Crippen LogP contribution in [0, 0.1) is 0 Å². The van der Waals surface area contributed by atoms with Crippen molar-refractivity contribution < 1.29 is 8.42 Å². The molecule has 0 radical (unpaired) electrons. The van der Waals surface area contributed by atoms with Crippen LogP contribution in [0.25, 0.3) is 10.8 Å². The first kappa shape index (κ1) is 21.1. The molecule has 1 aliphatic heterocycles. The number of fused-ring (bicyclic) bond motifs is 1. The summed E-state index contributed by atoms with van der Waals surface area (Å²) >= 11 is 0. The Hall–Kier alpha value is -0.920. The van der Waals surface area contributed by atoms with Gasteiger partial charge in [-0.3, -0.25) is 4.98 Å². The third-order valence-corrected chi connectivity index (χ3v) is 6.19. The first-order valence-corrected chi connectivity index (χ1v) is 9.09. The first-order valence-electron chi connectivity index (χ1n) is 7.65. The molecule has 1 fully saturated rings. The van der Waals surface area contributed by atoms with Gasteiger partial charge >= 0.3 is 0 Å². The molecule has 1 aliphatic rings. The molecule has 5 nitrogen and oxygen atoms in total. The van der Waals surface area contributed by atoms with Crippen molar-refractivity contribution in [2.45, 2.75) is 30.7 Å². The fraction of sp³-hybridized carbons (Fsp3) is 0.438. The SMILES string of the molecule is CC1CCNCCCN1S(=O)(=O)c1ccc2cnccc2c1.Cl.Cl. The second-order valence-electron chi connectivity index (χ2n) is 5.74. The van der Waals surface area contributed by atoms with Crippen molar-refractivity contribution in [1.82, 2.24) is 14.6 Å². The van der Waals surface area contributed by atoms with Crippen LogP contribution in [0.1, 0.15) is 19.8 Å². The molecule has 1 aromatic carbocycles. The van der Waals surface area contributed by atoms with Gasteiger partial charge in [-0.25, -0.2) is 8.42 Å². The fourth-order valence-electron chi connectivity index (χ4n) is 2.87. The highest BCUT2D eigenvalue weighted by molar-refractivity contribution is 7.89. The van der Waals surface area contributed by atoms with Crippen molar-refractivity contribution in [2.75, 3.05) is 19.6 Å². The molecule has 3 rings (SSSR count). The van der Waals surface area contributed by atoms with E-state index < -0.39 is 10.0 Å². The van der Waals surface area contributed by atoms with Crippen molar-refractivity contribution in [3.05, 3.63) is 36.7 Å². The number of halogens is 2. The Morgan fingerprint density at radius 2 is 1.96 bits per heavy atom. The van der Waals surface area contributed by atoms with E-state index in [0.29, 0.717) is 11.4 Å². The Bertz CT molecular complexity index is 771. The molecule has 1 saturated heterocycles. The maximum absolute atomic E-state index is 13.0. The Morgan fingerprint density at radius 3 is 2.75 bits per heavy atom. The Balaban J connectivity index is 0.00000144. The predicted molar refractivity (Wildman–Crippen MR) is 102 cm³/mol. The van der Waals surface area contributed by atoms with E-state index in [1.54, 1.807) is 28.8 Å². The molecule has 0 saturated carbocycles. The summed E-state index contributed by atoms with van der Waals surface area (Å²) in [4.78, 5) is 4.43. The van der Waals surface area contributed by atoms with Gasteiger partial charge in [0.2, 0.25) is 10.0 Å². The lowest BCUT2D eigenvalue weighted by Gasteiger charge is -2.30. The number of pyridine rings is 1. The zero-order valence-corrected chi connectivity index (χ0v) is 16.0. The highest BCUT2D eigenvalue weighted by Gasteiger charge is 2.29. The maximum atomic E-state index is 13.0. The van der Waals surface area contributed by atoms with Crippen molar-refractivity contribution in [2.24, 2.45) is 0 Å². The minimum absolute atomic E-state index is 0. The van der Waals surface area contributed by atoms with Gasteiger partial charge in [-0.05, 0) is 56.4 Å². The van der Waals surface area contributed by atoms with Crippen LogP contribution in [-0.2, 0) is 10.0 Å². The van der Waals surface area contributed by atoms with Crippen LogP contribution in [0.15, 0.2) is 41.6 Å². The summed E-state index contributed by atoms with van der Waals surface area (Å²) in [5.41, 5.74) is 0. The summed E-state index contributed by atoms with van der Waals surface area (Å²) in [5.74, 6) is 0. The van der Waals surface area contributed by atoms with Crippen molar-refractivity contribution in [3.8, 4) is 0 Å². The molecule has 1 aromatic heterocycles. The molecule has 0 spiro atoms. The summed E-state index contributed by atoms with van der Waals surface area (Å²) in [6.45, 7) is 4.26. The van der Waals surface area contributed by atoms with E-state index in [2.05, 4.69) is 10.3 Å². The van der Waals surface area contributed by atoms with E-state index in [0.717, 1.165) is 36.7 Å². The lowest BCUT2D eigenvalue weighted by molar-refractivity contribution is 0.297. The van der Waals surface area contributed by atoms with Crippen LogP contribution in [0.4, 0.5) is 0 Å². The molecule has 8 heteroatoms. The molecular formula is C16H23Cl2N3O2S. The number of benzene rings is 1. The molecule has 1 N–H and O–H groups in total. The second-order valence-corrected chi connectivity index (χ2v) is 7.63. The largest absolute Gasteiger partial charge is 0.317 e. The molecule has 0 aliphatic carbocycles. The normalized spacial score (nSPS) is 19.6. The third-order valence-electron chi connectivity index (χ3n) is 4.18. The minimum Gasteiger partial charge on any atom is -0.317 e.